The third kappa shape index (κ3) is 4.93. The van der Waals surface area contributed by atoms with Crippen molar-refractivity contribution in [3.05, 3.63) is 34.9 Å². The summed E-state index contributed by atoms with van der Waals surface area (Å²) >= 11 is 5.72. The van der Waals surface area contributed by atoms with Crippen molar-refractivity contribution in [2.45, 2.75) is 26.2 Å². The van der Waals surface area contributed by atoms with E-state index in [0.29, 0.717) is 24.0 Å². The maximum atomic E-state index is 12.2. The Balaban J connectivity index is 1.91. The van der Waals surface area contributed by atoms with Crippen LogP contribution in [0.1, 0.15) is 36.5 Å². The van der Waals surface area contributed by atoms with Gasteiger partial charge in [0, 0.05) is 23.7 Å². The van der Waals surface area contributed by atoms with Crippen molar-refractivity contribution in [3.63, 3.8) is 0 Å². The van der Waals surface area contributed by atoms with Gasteiger partial charge in [-0.15, -0.1) is 0 Å². The number of urea groups is 1. The summed E-state index contributed by atoms with van der Waals surface area (Å²) in [6.45, 7) is 2.81. The van der Waals surface area contributed by atoms with Crippen LogP contribution in [-0.4, -0.2) is 37.8 Å². The maximum absolute atomic E-state index is 12.2. The number of amides is 3. The molecule has 3 amide bonds. The van der Waals surface area contributed by atoms with E-state index in [2.05, 4.69) is 6.92 Å². The molecule has 1 heterocycles. The molecule has 0 atom stereocenters. The molecule has 2 rings (SSSR count). The van der Waals surface area contributed by atoms with E-state index in [1.54, 1.807) is 0 Å². The molecule has 0 aliphatic carbocycles. The van der Waals surface area contributed by atoms with Gasteiger partial charge in [-0.3, -0.25) is 10.1 Å². The van der Waals surface area contributed by atoms with Crippen LogP contribution in [-0.2, 0) is 10.2 Å². The molecule has 0 saturated carbocycles. The van der Waals surface area contributed by atoms with Gasteiger partial charge in [0.1, 0.15) is 0 Å². The fraction of sp³-hybridized carbons (Fsp3) is 0.467. The molecule has 0 aromatic heterocycles. The van der Waals surface area contributed by atoms with E-state index in [0.717, 1.165) is 19.3 Å². The maximum Gasteiger partial charge on any atom is 0.336 e. The Labute approximate surface area is 146 Å². The predicted molar refractivity (Wildman–Crippen MR) is 91.0 cm³/mol. The second-order valence-corrected chi connectivity index (χ2v) is 7.76. The van der Waals surface area contributed by atoms with Crippen LogP contribution >= 0.6 is 11.6 Å². The summed E-state index contributed by atoms with van der Waals surface area (Å²) in [6, 6.07) is 4.81. The molecule has 0 radical (unpaired) electrons. The van der Waals surface area contributed by atoms with E-state index in [4.69, 9.17) is 11.6 Å². The van der Waals surface area contributed by atoms with Crippen molar-refractivity contribution in [1.29, 1.82) is 0 Å². The average molecular weight is 374 g/mol. The standard InChI is InChI=1S/C15H20ClN3O4S/c1-2-11-7-9-19(10-8-11)24(22,23)18-15(21)17-14(20)12-3-5-13(16)6-4-12/h3-6,11H,2,7-10H2,1H3,(H2,17,18,20,21). The van der Waals surface area contributed by atoms with E-state index < -0.39 is 22.1 Å². The summed E-state index contributed by atoms with van der Waals surface area (Å²) in [5.41, 5.74) is 0.204. The van der Waals surface area contributed by atoms with Crippen molar-refractivity contribution in [2.24, 2.45) is 5.92 Å². The highest BCUT2D eigenvalue weighted by Gasteiger charge is 2.29. The largest absolute Gasteiger partial charge is 0.336 e. The number of hydrogen-bond donors (Lipinski definition) is 2. The number of carbonyl (C=O) groups is 2. The molecular formula is C15H20ClN3O4S. The molecular weight excluding hydrogens is 354 g/mol. The third-order valence-corrected chi connectivity index (χ3v) is 5.79. The molecule has 1 aromatic carbocycles. The van der Waals surface area contributed by atoms with Gasteiger partial charge in [0.05, 0.1) is 0 Å². The monoisotopic (exact) mass is 373 g/mol. The lowest BCUT2D eigenvalue weighted by Crippen LogP contribution is -2.50. The van der Waals surface area contributed by atoms with Crippen molar-refractivity contribution in [1.82, 2.24) is 14.3 Å². The molecule has 1 saturated heterocycles. The van der Waals surface area contributed by atoms with Crippen molar-refractivity contribution in [3.8, 4) is 0 Å². The topological polar surface area (TPSA) is 95.6 Å². The van der Waals surface area contributed by atoms with E-state index >= 15 is 0 Å². The van der Waals surface area contributed by atoms with Gasteiger partial charge in [0.15, 0.2) is 0 Å². The van der Waals surface area contributed by atoms with Gasteiger partial charge in [0.25, 0.3) is 5.91 Å². The Morgan fingerprint density at radius 3 is 2.33 bits per heavy atom. The van der Waals surface area contributed by atoms with Crippen LogP contribution in [0.4, 0.5) is 4.79 Å². The first-order valence-corrected chi connectivity index (χ1v) is 9.52. The van der Waals surface area contributed by atoms with Crippen LogP contribution in [0.15, 0.2) is 24.3 Å². The average Bonchev–Trinajstić information content (AvgIpc) is 2.54. The van der Waals surface area contributed by atoms with Crippen molar-refractivity contribution >= 4 is 33.7 Å². The summed E-state index contributed by atoms with van der Waals surface area (Å²) < 4.78 is 27.5. The minimum atomic E-state index is -3.95. The SMILES string of the molecule is CCC1CCN(S(=O)(=O)NC(=O)NC(=O)c2ccc(Cl)cc2)CC1. The number of imide groups is 1. The van der Waals surface area contributed by atoms with E-state index in [1.165, 1.54) is 28.6 Å². The lowest BCUT2D eigenvalue weighted by molar-refractivity contribution is 0.0965. The number of nitrogens with one attached hydrogen (secondary N) is 2. The molecule has 1 fully saturated rings. The minimum Gasteiger partial charge on any atom is -0.273 e. The zero-order valence-corrected chi connectivity index (χ0v) is 14.9. The van der Waals surface area contributed by atoms with Crippen molar-refractivity contribution in [2.75, 3.05) is 13.1 Å². The second-order valence-electron chi connectivity index (χ2n) is 5.65. The molecule has 0 bridgehead atoms. The normalized spacial score (nSPS) is 16.6. The highest BCUT2D eigenvalue weighted by atomic mass is 35.5. The smallest absolute Gasteiger partial charge is 0.273 e. The van der Waals surface area contributed by atoms with Gasteiger partial charge in [-0.25, -0.2) is 9.52 Å². The number of piperidine rings is 1. The Hall–Kier alpha value is -1.64. The Bertz CT molecular complexity index is 698. The highest BCUT2D eigenvalue weighted by Crippen LogP contribution is 2.21. The first-order chi connectivity index (χ1) is 11.3. The van der Waals surface area contributed by atoms with Crippen LogP contribution in [0.2, 0.25) is 5.02 Å². The highest BCUT2D eigenvalue weighted by molar-refractivity contribution is 7.87. The number of rotatable bonds is 4. The zero-order valence-electron chi connectivity index (χ0n) is 13.3. The van der Waals surface area contributed by atoms with Gasteiger partial charge >= 0.3 is 16.2 Å². The molecule has 2 N–H and O–H groups in total. The predicted octanol–water partition coefficient (Wildman–Crippen LogP) is 2.15. The van der Waals surface area contributed by atoms with Crippen LogP contribution in [0, 0.1) is 5.92 Å². The zero-order chi connectivity index (χ0) is 17.7. The molecule has 7 nitrogen and oxygen atoms in total. The molecule has 1 aliphatic rings. The van der Waals surface area contributed by atoms with Gasteiger partial charge in [0.2, 0.25) is 0 Å². The van der Waals surface area contributed by atoms with Crippen LogP contribution in [0.3, 0.4) is 0 Å². The van der Waals surface area contributed by atoms with Crippen LogP contribution < -0.4 is 10.0 Å². The first-order valence-electron chi connectivity index (χ1n) is 7.70. The summed E-state index contributed by atoms with van der Waals surface area (Å²) in [5, 5.41) is 2.45. The molecule has 1 aliphatic heterocycles. The van der Waals surface area contributed by atoms with Crippen LogP contribution in [0.5, 0.6) is 0 Å². The van der Waals surface area contributed by atoms with Gasteiger partial charge in [-0.1, -0.05) is 24.9 Å². The lowest BCUT2D eigenvalue weighted by Gasteiger charge is -2.30. The fourth-order valence-electron chi connectivity index (χ4n) is 2.54. The molecule has 24 heavy (non-hydrogen) atoms. The Kier molecular flexibility index (Phi) is 6.20. The van der Waals surface area contributed by atoms with Crippen LogP contribution in [0.25, 0.3) is 0 Å². The third-order valence-electron chi connectivity index (χ3n) is 4.05. The van der Waals surface area contributed by atoms with Gasteiger partial charge in [-0.2, -0.15) is 12.7 Å². The summed E-state index contributed by atoms with van der Waals surface area (Å²) in [5.74, 6) is -0.194. The number of benzene rings is 1. The lowest BCUT2D eigenvalue weighted by atomic mass is 9.96. The summed E-state index contributed by atoms with van der Waals surface area (Å²) in [6.07, 6.45) is 2.54. The summed E-state index contributed by atoms with van der Waals surface area (Å²) in [7, 11) is -3.95. The fourth-order valence-corrected chi connectivity index (χ4v) is 3.77. The van der Waals surface area contributed by atoms with Gasteiger partial charge in [-0.05, 0) is 43.0 Å². The summed E-state index contributed by atoms with van der Waals surface area (Å²) in [4.78, 5) is 23.7. The molecule has 1 aromatic rings. The van der Waals surface area contributed by atoms with Crippen molar-refractivity contribution < 1.29 is 18.0 Å². The number of nitrogens with zero attached hydrogens (tertiary/aromatic N) is 1. The quantitative estimate of drug-likeness (QED) is 0.845. The Morgan fingerprint density at radius 1 is 1.21 bits per heavy atom. The second kappa shape index (κ2) is 7.96. The van der Waals surface area contributed by atoms with E-state index in [9.17, 15) is 18.0 Å². The number of carbonyl (C=O) groups excluding carboxylic acids is 2. The minimum absolute atomic E-state index is 0.204. The van der Waals surface area contributed by atoms with E-state index in [-0.39, 0.29) is 5.56 Å². The number of hydrogen-bond acceptors (Lipinski definition) is 4. The Morgan fingerprint density at radius 2 is 1.79 bits per heavy atom. The van der Waals surface area contributed by atoms with E-state index in [1.807, 2.05) is 10.0 Å². The molecule has 9 heteroatoms. The number of halogens is 1. The molecule has 0 unspecified atom stereocenters. The first kappa shape index (κ1) is 18.7. The molecule has 132 valence electrons. The van der Waals surface area contributed by atoms with Gasteiger partial charge < -0.3 is 0 Å². The molecule has 0 spiro atoms.